The van der Waals surface area contributed by atoms with E-state index in [1.54, 1.807) is 18.6 Å². The summed E-state index contributed by atoms with van der Waals surface area (Å²) in [4.78, 5) is 16.4. The zero-order valence-electron chi connectivity index (χ0n) is 17.1. The lowest BCUT2D eigenvalue weighted by Gasteiger charge is -2.10. The van der Waals surface area contributed by atoms with Crippen LogP contribution in [0.3, 0.4) is 0 Å². The van der Waals surface area contributed by atoms with Crippen molar-refractivity contribution in [1.29, 1.82) is 0 Å². The molecule has 0 radical (unpaired) electrons. The van der Waals surface area contributed by atoms with Gasteiger partial charge in [-0.3, -0.25) is 14.3 Å². The predicted molar refractivity (Wildman–Crippen MR) is 130 cm³/mol. The minimum absolute atomic E-state index is 0.149. The van der Waals surface area contributed by atoms with Crippen LogP contribution < -0.4 is 5.43 Å². The maximum absolute atomic E-state index is 12.3. The molecule has 2 heterocycles. The van der Waals surface area contributed by atoms with E-state index in [2.05, 4.69) is 41.6 Å². The second kappa shape index (κ2) is 10.3. The third-order valence-electron chi connectivity index (χ3n) is 4.45. The smallest absolute Gasteiger partial charge is 0.250 e. The fourth-order valence-electron chi connectivity index (χ4n) is 2.91. The third kappa shape index (κ3) is 5.49. The maximum atomic E-state index is 12.3. The number of carbonyl (C=O) groups excluding carboxylic acids is 1. The molecule has 9 heteroatoms. The Morgan fingerprint density at radius 2 is 1.91 bits per heavy atom. The minimum Gasteiger partial charge on any atom is -0.272 e. The summed E-state index contributed by atoms with van der Waals surface area (Å²) in [5.74, 6) is 0.605. The number of pyridine rings is 1. The van der Waals surface area contributed by atoms with E-state index in [1.807, 2.05) is 72.2 Å². The fraction of sp³-hybridized carbons (Fsp3) is 0.0870. The molecule has 0 atom stereocenters. The van der Waals surface area contributed by atoms with Gasteiger partial charge in [-0.25, -0.2) is 5.43 Å². The molecule has 1 N–H and O–H groups in total. The van der Waals surface area contributed by atoms with Crippen LogP contribution in [-0.2, 0) is 4.79 Å². The Morgan fingerprint density at radius 3 is 2.66 bits per heavy atom. The van der Waals surface area contributed by atoms with Gasteiger partial charge in [0.1, 0.15) is 0 Å². The number of carbonyl (C=O) groups is 1. The van der Waals surface area contributed by atoms with Gasteiger partial charge in [0.25, 0.3) is 5.91 Å². The van der Waals surface area contributed by atoms with E-state index in [0.29, 0.717) is 11.0 Å². The van der Waals surface area contributed by atoms with Crippen LogP contribution >= 0.6 is 27.7 Å². The number of nitrogens with one attached hydrogen (secondary N) is 1. The van der Waals surface area contributed by atoms with E-state index in [1.165, 1.54) is 11.8 Å². The molecule has 2 aromatic heterocycles. The number of halogens is 1. The highest BCUT2D eigenvalue weighted by molar-refractivity contribution is 9.10. The largest absolute Gasteiger partial charge is 0.272 e. The van der Waals surface area contributed by atoms with Crippen LogP contribution in [0.4, 0.5) is 0 Å². The van der Waals surface area contributed by atoms with Gasteiger partial charge in [-0.2, -0.15) is 5.10 Å². The molecule has 0 unspecified atom stereocenters. The van der Waals surface area contributed by atoms with Crippen LogP contribution in [0.15, 0.2) is 87.8 Å². The van der Waals surface area contributed by atoms with Crippen LogP contribution in [-0.4, -0.2) is 37.6 Å². The first kappa shape index (κ1) is 21.9. The Balaban J connectivity index is 1.50. The van der Waals surface area contributed by atoms with Gasteiger partial charge in [-0.1, -0.05) is 57.5 Å². The zero-order valence-corrected chi connectivity index (χ0v) is 19.5. The topological polar surface area (TPSA) is 85.1 Å². The van der Waals surface area contributed by atoms with Crippen LogP contribution in [0.5, 0.6) is 0 Å². The summed E-state index contributed by atoms with van der Waals surface area (Å²) in [5, 5.41) is 13.4. The number of hydrogen-bond acceptors (Lipinski definition) is 6. The molecule has 0 spiro atoms. The van der Waals surface area contributed by atoms with Crippen LogP contribution in [0.25, 0.3) is 17.1 Å². The highest BCUT2D eigenvalue weighted by atomic mass is 79.9. The Hall–Kier alpha value is -3.30. The molecule has 0 bridgehead atoms. The summed E-state index contributed by atoms with van der Waals surface area (Å²) < 4.78 is 2.89. The summed E-state index contributed by atoms with van der Waals surface area (Å²) in [7, 11) is 0. The van der Waals surface area contributed by atoms with Gasteiger partial charge >= 0.3 is 0 Å². The van der Waals surface area contributed by atoms with Gasteiger partial charge in [0, 0.05) is 28.1 Å². The van der Waals surface area contributed by atoms with Crippen molar-refractivity contribution in [2.45, 2.75) is 12.1 Å². The standard InChI is InChI=1S/C23H19BrN6OS/c1-16-5-7-20(8-6-16)30-22(18-9-11-25-12-10-18)28-29-23(30)32-15-21(31)27-26-14-17-3-2-4-19(24)13-17/h2-14H,15H2,1H3,(H,27,31)/b26-14+. The Morgan fingerprint density at radius 1 is 1.12 bits per heavy atom. The molecule has 0 aliphatic rings. The molecule has 0 aliphatic carbocycles. The molecule has 1 amide bonds. The van der Waals surface area contributed by atoms with Crippen molar-refractivity contribution >= 4 is 39.8 Å². The summed E-state index contributed by atoms with van der Waals surface area (Å²) in [6, 6.07) is 19.5. The average Bonchev–Trinajstić information content (AvgIpc) is 3.23. The summed E-state index contributed by atoms with van der Waals surface area (Å²) in [5.41, 5.74) is 6.41. The lowest BCUT2D eigenvalue weighted by Crippen LogP contribution is -2.20. The maximum Gasteiger partial charge on any atom is 0.250 e. The summed E-state index contributed by atoms with van der Waals surface area (Å²) in [6.07, 6.45) is 5.03. The zero-order chi connectivity index (χ0) is 22.3. The lowest BCUT2D eigenvalue weighted by atomic mass is 10.2. The van der Waals surface area contributed by atoms with E-state index >= 15 is 0 Å². The number of thioether (sulfide) groups is 1. The van der Waals surface area contributed by atoms with E-state index in [0.717, 1.165) is 26.9 Å². The molecule has 2 aromatic carbocycles. The molecule has 32 heavy (non-hydrogen) atoms. The van der Waals surface area contributed by atoms with Crippen molar-refractivity contribution in [3.05, 3.63) is 88.7 Å². The molecule has 4 aromatic rings. The van der Waals surface area contributed by atoms with Gasteiger partial charge in [-0.05, 0) is 48.9 Å². The van der Waals surface area contributed by atoms with E-state index in [-0.39, 0.29) is 11.7 Å². The Kier molecular flexibility index (Phi) is 7.08. The third-order valence-corrected chi connectivity index (χ3v) is 5.87. The molecule has 0 saturated carbocycles. The lowest BCUT2D eigenvalue weighted by molar-refractivity contribution is -0.118. The van der Waals surface area contributed by atoms with Crippen molar-refractivity contribution < 1.29 is 4.79 Å². The SMILES string of the molecule is Cc1ccc(-n2c(SCC(=O)N/N=C/c3cccc(Br)c3)nnc2-c2ccncc2)cc1. The second-order valence-electron chi connectivity index (χ2n) is 6.85. The molecule has 0 fully saturated rings. The van der Waals surface area contributed by atoms with Gasteiger partial charge in [0.2, 0.25) is 0 Å². The van der Waals surface area contributed by atoms with E-state index in [4.69, 9.17) is 0 Å². The van der Waals surface area contributed by atoms with Crippen LogP contribution in [0, 0.1) is 6.92 Å². The number of aryl methyl sites for hydroxylation is 1. The molecular formula is C23H19BrN6OS. The number of hydrazone groups is 1. The van der Waals surface area contributed by atoms with Gasteiger partial charge in [0.05, 0.1) is 12.0 Å². The van der Waals surface area contributed by atoms with E-state index < -0.39 is 0 Å². The second-order valence-corrected chi connectivity index (χ2v) is 8.71. The highest BCUT2D eigenvalue weighted by Gasteiger charge is 2.17. The normalized spacial score (nSPS) is 11.1. The number of benzene rings is 2. The number of nitrogens with zero attached hydrogens (tertiary/aromatic N) is 5. The Labute approximate surface area is 198 Å². The molecule has 0 saturated heterocycles. The summed E-state index contributed by atoms with van der Waals surface area (Å²) in [6.45, 7) is 2.04. The van der Waals surface area contributed by atoms with Crippen molar-refractivity contribution in [2.24, 2.45) is 5.10 Å². The average molecular weight is 507 g/mol. The minimum atomic E-state index is -0.231. The fourth-order valence-corrected chi connectivity index (χ4v) is 4.07. The monoisotopic (exact) mass is 506 g/mol. The highest BCUT2D eigenvalue weighted by Crippen LogP contribution is 2.27. The van der Waals surface area contributed by atoms with Crippen molar-refractivity contribution in [2.75, 3.05) is 5.75 Å². The van der Waals surface area contributed by atoms with Gasteiger partial charge < -0.3 is 0 Å². The number of rotatable bonds is 7. The first-order valence-electron chi connectivity index (χ1n) is 9.73. The summed E-state index contributed by atoms with van der Waals surface area (Å²) >= 11 is 4.71. The van der Waals surface area contributed by atoms with Crippen molar-refractivity contribution in [3.63, 3.8) is 0 Å². The van der Waals surface area contributed by atoms with Crippen LogP contribution in [0.2, 0.25) is 0 Å². The van der Waals surface area contributed by atoms with Gasteiger partial charge in [-0.15, -0.1) is 10.2 Å². The molecule has 7 nitrogen and oxygen atoms in total. The van der Waals surface area contributed by atoms with E-state index in [9.17, 15) is 4.79 Å². The van der Waals surface area contributed by atoms with Crippen molar-refractivity contribution in [1.82, 2.24) is 25.2 Å². The number of aromatic nitrogens is 4. The molecule has 160 valence electrons. The Bertz CT molecular complexity index is 1240. The molecule has 0 aliphatic heterocycles. The quantitative estimate of drug-likeness (QED) is 0.224. The van der Waals surface area contributed by atoms with Crippen molar-refractivity contribution in [3.8, 4) is 17.1 Å². The molecular weight excluding hydrogens is 488 g/mol. The predicted octanol–water partition coefficient (Wildman–Crippen LogP) is 4.64. The van der Waals surface area contributed by atoms with Crippen LogP contribution in [0.1, 0.15) is 11.1 Å². The number of amides is 1. The molecule has 4 rings (SSSR count). The van der Waals surface area contributed by atoms with Gasteiger partial charge in [0.15, 0.2) is 11.0 Å². The first-order chi connectivity index (χ1) is 15.6. The number of hydrogen-bond donors (Lipinski definition) is 1. The first-order valence-corrected chi connectivity index (χ1v) is 11.5.